The summed E-state index contributed by atoms with van der Waals surface area (Å²) in [6, 6.07) is 9.70. The van der Waals surface area contributed by atoms with Gasteiger partial charge in [0.25, 0.3) is 5.78 Å². The normalized spacial score (nSPS) is 27.6. The van der Waals surface area contributed by atoms with Gasteiger partial charge in [0.1, 0.15) is 5.75 Å². The van der Waals surface area contributed by atoms with Crippen LogP contribution in [0.2, 0.25) is 0 Å². The summed E-state index contributed by atoms with van der Waals surface area (Å²) in [5, 5.41) is -0.750. The molecule has 0 amide bonds. The Hall–Kier alpha value is -1.17. The van der Waals surface area contributed by atoms with Crippen molar-refractivity contribution >= 4 is 22.1 Å². The van der Waals surface area contributed by atoms with Gasteiger partial charge in [-0.15, -0.1) is 0 Å². The molecule has 0 radical (unpaired) electrons. The van der Waals surface area contributed by atoms with E-state index in [1.165, 1.54) is 0 Å². The number of hydrogen-bond donors (Lipinski definition) is 0. The van der Waals surface area contributed by atoms with Gasteiger partial charge in [0.05, 0.1) is 13.2 Å². The largest absolute Gasteiger partial charge is 0.609 e. The van der Waals surface area contributed by atoms with E-state index in [0.717, 1.165) is 5.56 Å². The number of rotatable bonds is 4. The van der Waals surface area contributed by atoms with Crippen molar-refractivity contribution in [2.24, 2.45) is 5.41 Å². The minimum Gasteiger partial charge on any atom is -0.609 e. The zero-order valence-corrected chi connectivity index (χ0v) is 11.6. The second-order valence-corrected chi connectivity index (χ2v) is 6.52. The molecule has 2 unspecified atom stereocenters. The number of carbonyl (C=O) groups excluding carboxylic acids is 2. The Morgan fingerprint density at radius 1 is 1.32 bits per heavy atom. The van der Waals surface area contributed by atoms with Crippen LogP contribution in [0.5, 0.6) is 0 Å². The Bertz CT molecular complexity index is 474. The Balaban J connectivity index is 1.88. The Kier molecular flexibility index (Phi) is 4.39. The van der Waals surface area contributed by atoms with Crippen LogP contribution in [0.15, 0.2) is 30.3 Å². The van der Waals surface area contributed by atoms with Crippen LogP contribution < -0.4 is 0 Å². The number of ether oxygens (including phenoxy) is 1. The Morgan fingerprint density at radius 3 is 2.63 bits per heavy atom. The van der Waals surface area contributed by atoms with Crippen LogP contribution in [0.3, 0.4) is 0 Å². The first kappa shape index (κ1) is 14.2. The van der Waals surface area contributed by atoms with Gasteiger partial charge >= 0.3 is 5.12 Å². The summed E-state index contributed by atoms with van der Waals surface area (Å²) in [4.78, 5) is 22.7. The Morgan fingerprint density at radius 2 is 2.00 bits per heavy atom. The summed E-state index contributed by atoms with van der Waals surface area (Å²) in [6.45, 7) is 2.61. The lowest BCUT2D eigenvalue weighted by molar-refractivity contribution is -0.134. The van der Waals surface area contributed by atoms with Crippen molar-refractivity contribution in [2.45, 2.75) is 20.0 Å². The van der Waals surface area contributed by atoms with Crippen molar-refractivity contribution in [1.29, 1.82) is 0 Å². The van der Waals surface area contributed by atoms with E-state index in [4.69, 9.17) is 4.74 Å². The minimum absolute atomic E-state index is 0.117. The topological polar surface area (TPSA) is 66.4 Å². The summed E-state index contributed by atoms with van der Waals surface area (Å²) < 4.78 is 17.1. The van der Waals surface area contributed by atoms with Gasteiger partial charge in [0.15, 0.2) is 0 Å². The highest BCUT2D eigenvalue weighted by Gasteiger charge is 2.45. The zero-order chi connectivity index (χ0) is 13.9. The number of carbonyl (C=O) groups is 2. The van der Waals surface area contributed by atoms with Crippen LogP contribution >= 0.6 is 0 Å². The van der Waals surface area contributed by atoms with Gasteiger partial charge < -0.3 is 9.29 Å². The van der Waals surface area contributed by atoms with Crippen molar-refractivity contribution in [3.05, 3.63) is 35.9 Å². The highest BCUT2D eigenvalue weighted by atomic mass is 32.2. The molecule has 0 aliphatic carbocycles. The molecule has 0 saturated carbocycles. The third kappa shape index (κ3) is 3.65. The second-order valence-electron chi connectivity index (χ2n) is 5.17. The molecule has 4 nitrogen and oxygen atoms in total. The lowest BCUT2D eigenvalue weighted by Gasteiger charge is -2.31. The van der Waals surface area contributed by atoms with Crippen molar-refractivity contribution in [3.8, 4) is 0 Å². The first-order valence-electron chi connectivity index (χ1n) is 6.07. The fourth-order valence-corrected chi connectivity index (χ4v) is 3.38. The maximum absolute atomic E-state index is 11.5. The monoisotopic (exact) mass is 280 g/mol. The molecule has 1 aliphatic heterocycles. The van der Waals surface area contributed by atoms with Crippen LogP contribution in [0.1, 0.15) is 18.9 Å². The van der Waals surface area contributed by atoms with Crippen LogP contribution in [0.4, 0.5) is 0 Å². The van der Waals surface area contributed by atoms with Crippen molar-refractivity contribution < 1.29 is 18.9 Å². The van der Waals surface area contributed by atoms with E-state index in [2.05, 4.69) is 0 Å². The zero-order valence-electron chi connectivity index (χ0n) is 10.8. The van der Waals surface area contributed by atoms with Gasteiger partial charge in [-0.1, -0.05) is 37.3 Å². The average Bonchev–Trinajstić information content (AvgIpc) is 2.37. The molecule has 102 valence electrons. The molecule has 2 rings (SSSR count). The first-order valence-corrected chi connectivity index (χ1v) is 7.39. The van der Waals surface area contributed by atoms with Crippen LogP contribution in [-0.4, -0.2) is 27.8 Å². The molecule has 19 heavy (non-hydrogen) atoms. The van der Waals surface area contributed by atoms with Crippen molar-refractivity contribution in [3.63, 3.8) is 0 Å². The summed E-state index contributed by atoms with van der Waals surface area (Å²) in [7, 11) is 0. The molecule has 2 atom stereocenters. The highest BCUT2D eigenvalue weighted by molar-refractivity contribution is 8.08. The first-order chi connectivity index (χ1) is 9.00. The molecule has 0 N–H and O–H groups in total. The third-order valence-electron chi connectivity index (χ3n) is 3.06. The fraction of sp³-hybridized carbons (Fsp3) is 0.429. The molecular formula is C14H16O4S. The standard InChI is InChI=1S/C14H16O4S/c1-14(7-12(15)13(16)19(17)10-14)9-18-8-11-5-3-2-4-6-11/h2-6H,7-10H2,1H3. The minimum atomic E-state index is -1.70. The molecule has 1 aromatic rings. The lowest BCUT2D eigenvalue weighted by Crippen LogP contribution is -2.45. The van der Waals surface area contributed by atoms with Crippen LogP contribution in [-0.2, 0) is 32.1 Å². The molecule has 5 heteroatoms. The van der Waals surface area contributed by atoms with E-state index in [1.54, 1.807) is 0 Å². The van der Waals surface area contributed by atoms with Gasteiger partial charge in [0.2, 0.25) is 0 Å². The molecule has 0 spiro atoms. The van der Waals surface area contributed by atoms with Crippen LogP contribution in [0.25, 0.3) is 0 Å². The predicted octanol–water partition coefficient (Wildman–Crippen LogP) is 1.46. The van der Waals surface area contributed by atoms with Crippen LogP contribution in [0, 0.1) is 5.41 Å². The molecule has 0 aromatic heterocycles. The predicted molar refractivity (Wildman–Crippen MR) is 71.8 cm³/mol. The van der Waals surface area contributed by atoms with E-state index in [-0.39, 0.29) is 12.2 Å². The quantitative estimate of drug-likeness (QED) is 0.618. The van der Waals surface area contributed by atoms with E-state index >= 15 is 0 Å². The number of Topliss-reactive ketones (excluding diaryl/α,β-unsaturated/α-hetero) is 1. The average molecular weight is 280 g/mol. The highest BCUT2D eigenvalue weighted by Crippen LogP contribution is 2.30. The van der Waals surface area contributed by atoms with Gasteiger partial charge in [-0.05, 0) is 5.56 Å². The summed E-state index contributed by atoms with van der Waals surface area (Å²) in [5.41, 5.74) is 0.537. The summed E-state index contributed by atoms with van der Waals surface area (Å²) in [6.07, 6.45) is 0.117. The van der Waals surface area contributed by atoms with E-state index in [9.17, 15) is 14.1 Å². The second kappa shape index (κ2) is 5.86. The number of benzene rings is 1. The van der Waals surface area contributed by atoms with E-state index in [1.807, 2.05) is 37.3 Å². The molecule has 1 aromatic carbocycles. The third-order valence-corrected chi connectivity index (χ3v) is 4.66. The van der Waals surface area contributed by atoms with E-state index < -0.39 is 27.5 Å². The molecule has 1 heterocycles. The number of ketones is 1. The SMILES string of the molecule is CC1(COCc2ccccc2)CC(=O)C(=O)[S+]([O-])C1. The fourth-order valence-electron chi connectivity index (χ4n) is 2.10. The van der Waals surface area contributed by atoms with Gasteiger partial charge in [-0.2, -0.15) is 0 Å². The Labute approximate surface area is 115 Å². The molecule has 1 saturated heterocycles. The molecule has 1 aliphatic rings. The van der Waals surface area contributed by atoms with Crippen molar-refractivity contribution in [2.75, 3.05) is 12.4 Å². The van der Waals surface area contributed by atoms with Gasteiger partial charge in [0, 0.05) is 23.0 Å². The summed E-state index contributed by atoms with van der Waals surface area (Å²) >= 11 is -1.70. The van der Waals surface area contributed by atoms with E-state index in [0.29, 0.717) is 13.2 Å². The van der Waals surface area contributed by atoms with Gasteiger partial charge in [-0.25, -0.2) is 4.79 Å². The van der Waals surface area contributed by atoms with Crippen molar-refractivity contribution in [1.82, 2.24) is 0 Å². The molecule has 0 bridgehead atoms. The maximum Gasteiger partial charge on any atom is 0.395 e. The number of hydrogen-bond acceptors (Lipinski definition) is 4. The summed E-state index contributed by atoms with van der Waals surface area (Å²) in [5.74, 6) is -0.345. The smallest absolute Gasteiger partial charge is 0.395 e. The van der Waals surface area contributed by atoms with Gasteiger partial charge in [-0.3, -0.25) is 4.79 Å². The molecular weight excluding hydrogens is 264 g/mol. The molecule has 1 fully saturated rings. The maximum atomic E-state index is 11.5. The lowest BCUT2D eigenvalue weighted by atomic mass is 9.88.